The number of ether oxygens (including phenoxy) is 1. The second-order valence-electron chi connectivity index (χ2n) is 4.84. The SMILES string of the molecule is CC(Br)c1ccccc1NC(=O)C1(C)CCCO1. The van der Waals surface area contributed by atoms with E-state index >= 15 is 0 Å². The standard InChI is InChI=1S/C14H18BrNO2/c1-10(15)11-6-3-4-7-12(11)16-13(17)14(2)8-5-9-18-14/h3-4,6-7,10H,5,8-9H2,1-2H3,(H,16,17). The van der Waals surface area contributed by atoms with Gasteiger partial charge in [-0.3, -0.25) is 4.79 Å². The van der Waals surface area contributed by atoms with Crippen LogP contribution in [0, 0.1) is 0 Å². The van der Waals surface area contributed by atoms with Crippen molar-refractivity contribution in [3.63, 3.8) is 0 Å². The molecule has 0 aromatic heterocycles. The molecule has 1 aromatic rings. The fourth-order valence-corrected chi connectivity index (χ4v) is 2.57. The lowest BCUT2D eigenvalue weighted by Gasteiger charge is -2.23. The van der Waals surface area contributed by atoms with E-state index in [2.05, 4.69) is 21.2 Å². The Balaban J connectivity index is 2.16. The topological polar surface area (TPSA) is 38.3 Å². The molecular weight excluding hydrogens is 294 g/mol. The highest BCUT2D eigenvalue weighted by atomic mass is 79.9. The zero-order chi connectivity index (χ0) is 13.2. The van der Waals surface area contributed by atoms with Crippen LogP contribution in [-0.4, -0.2) is 18.1 Å². The molecule has 1 aromatic carbocycles. The molecule has 1 aliphatic rings. The van der Waals surface area contributed by atoms with Gasteiger partial charge in [-0.25, -0.2) is 0 Å². The zero-order valence-corrected chi connectivity index (χ0v) is 12.3. The van der Waals surface area contributed by atoms with E-state index in [0.717, 1.165) is 24.1 Å². The van der Waals surface area contributed by atoms with Crippen LogP contribution in [-0.2, 0) is 9.53 Å². The van der Waals surface area contributed by atoms with E-state index in [1.54, 1.807) is 0 Å². The molecule has 0 aliphatic carbocycles. The maximum absolute atomic E-state index is 12.3. The number of carbonyl (C=O) groups is 1. The Hall–Kier alpha value is -0.870. The Morgan fingerprint density at radius 3 is 2.83 bits per heavy atom. The van der Waals surface area contributed by atoms with Crippen molar-refractivity contribution in [2.24, 2.45) is 0 Å². The highest BCUT2D eigenvalue weighted by Crippen LogP contribution is 2.31. The van der Waals surface area contributed by atoms with E-state index in [1.807, 2.05) is 38.1 Å². The molecule has 1 heterocycles. The number of hydrogen-bond donors (Lipinski definition) is 1. The predicted molar refractivity (Wildman–Crippen MR) is 76.0 cm³/mol. The first-order chi connectivity index (χ1) is 8.53. The summed E-state index contributed by atoms with van der Waals surface area (Å²) in [6.07, 6.45) is 1.73. The van der Waals surface area contributed by atoms with Gasteiger partial charge in [0.2, 0.25) is 0 Å². The molecule has 1 fully saturated rings. The van der Waals surface area contributed by atoms with Crippen molar-refractivity contribution in [3.05, 3.63) is 29.8 Å². The molecular formula is C14H18BrNO2. The molecule has 4 heteroatoms. The minimum absolute atomic E-state index is 0.0550. The van der Waals surface area contributed by atoms with Crippen LogP contribution in [0.5, 0.6) is 0 Å². The summed E-state index contributed by atoms with van der Waals surface area (Å²) in [5.41, 5.74) is 1.25. The molecule has 0 saturated carbocycles. The van der Waals surface area contributed by atoms with Crippen LogP contribution in [0.15, 0.2) is 24.3 Å². The van der Waals surface area contributed by atoms with Gasteiger partial charge >= 0.3 is 0 Å². The van der Waals surface area contributed by atoms with Crippen molar-refractivity contribution in [2.75, 3.05) is 11.9 Å². The molecule has 2 unspecified atom stereocenters. The highest BCUT2D eigenvalue weighted by Gasteiger charge is 2.37. The van der Waals surface area contributed by atoms with Gasteiger partial charge in [0.25, 0.3) is 5.91 Å². The molecule has 2 rings (SSSR count). The van der Waals surface area contributed by atoms with Crippen LogP contribution in [0.2, 0.25) is 0 Å². The van der Waals surface area contributed by atoms with Crippen LogP contribution < -0.4 is 5.32 Å². The summed E-state index contributed by atoms with van der Waals surface area (Å²) < 4.78 is 5.55. The molecule has 0 bridgehead atoms. The summed E-state index contributed by atoms with van der Waals surface area (Å²) in [5.74, 6) is -0.0550. The van der Waals surface area contributed by atoms with E-state index in [0.29, 0.717) is 6.61 Å². The van der Waals surface area contributed by atoms with Crippen LogP contribution >= 0.6 is 15.9 Å². The van der Waals surface area contributed by atoms with E-state index < -0.39 is 5.60 Å². The normalized spacial score (nSPS) is 24.8. The highest BCUT2D eigenvalue weighted by molar-refractivity contribution is 9.09. The third-order valence-electron chi connectivity index (χ3n) is 3.34. The predicted octanol–water partition coefficient (Wildman–Crippen LogP) is 3.65. The molecule has 1 aliphatic heterocycles. The molecule has 98 valence electrons. The summed E-state index contributed by atoms with van der Waals surface area (Å²) in [6.45, 7) is 4.56. The summed E-state index contributed by atoms with van der Waals surface area (Å²) in [4.78, 5) is 12.5. The number of rotatable bonds is 3. The van der Waals surface area contributed by atoms with Gasteiger partial charge in [0, 0.05) is 17.1 Å². The third kappa shape index (κ3) is 2.75. The number of anilines is 1. The fraction of sp³-hybridized carbons (Fsp3) is 0.500. The average Bonchev–Trinajstić information content (AvgIpc) is 2.78. The third-order valence-corrected chi connectivity index (χ3v) is 3.83. The Labute approximate surface area is 116 Å². The van der Waals surface area contributed by atoms with Gasteiger partial charge in [-0.2, -0.15) is 0 Å². The summed E-state index contributed by atoms with van der Waals surface area (Å²) in [5, 5.41) is 2.98. The average molecular weight is 312 g/mol. The Morgan fingerprint density at radius 2 is 2.22 bits per heavy atom. The number of amides is 1. The molecule has 2 atom stereocenters. The first kappa shape index (κ1) is 13.6. The summed E-state index contributed by atoms with van der Waals surface area (Å²) in [6, 6.07) is 7.82. The van der Waals surface area contributed by atoms with Gasteiger partial charge in [0.05, 0.1) is 0 Å². The largest absolute Gasteiger partial charge is 0.365 e. The van der Waals surface area contributed by atoms with Crippen LogP contribution in [0.4, 0.5) is 5.69 Å². The smallest absolute Gasteiger partial charge is 0.256 e. The van der Waals surface area contributed by atoms with Gasteiger partial charge in [0.15, 0.2) is 0 Å². The van der Waals surface area contributed by atoms with E-state index in [1.165, 1.54) is 0 Å². The first-order valence-electron chi connectivity index (χ1n) is 6.21. The quantitative estimate of drug-likeness (QED) is 0.865. The van der Waals surface area contributed by atoms with E-state index in [9.17, 15) is 4.79 Å². The van der Waals surface area contributed by atoms with Crippen molar-refractivity contribution in [2.45, 2.75) is 37.1 Å². The zero-order valence-electron chi connectivity index (χ0n) is 10.7. The van der Waals surface area contributed by atoms with Crippen LogP contribution in [0.1, 0.15) is 37.1 Å². The summed E-state index contributed by atoms with van der Waals surface area (Å²) in [7, 11) is 0. The molecule has 0 spiro atoms. The van der Waals surface area contributed by atoms with Crippen molar-refractivity contribution in [1.29, 1.82) is 0 Å². The maximum atomic E-state index is 12.3. The van der Waals surface area contributed by atoms with E-state index in [-0.39, 0.29) is 10.7 Å². The number of carbonyl (C=O) groups excluding carboxylic acids is 1. The lowest BCUT2D eigenvalue weighted by atomic mass is 10.0. The molecule has 1 amide bonds. The fourth-order valence-electron chi connectivity index (χ4n) is 2.17. The maximum Gasteiger partial charge on any atom is 0.256 e. The Kier molecular flexibility index (Phi) is 4.07. The van der Waals surface area contributed by atoms with Crippen LogP contribution in [0.25, 0.3) is 0 Å². The number of hydrogen-bond acceptors (Lipinski definition) is 2. The molecule has 1 N–H and O–H groups in total. The number of nitrogens with one attached hydrogen (secondary N) is 1. The number of benzene rings is 1. The van der Waals surface area contributed by atoms with Gasteiger partial charge < -0.3 is 10.1 Å². The van der Waals surface area contributed by atoms with E-state index in [4.69, 9.17) is 4.74 Å². The Bertz CT molecular complexity index is 439. The Morgan fingerprint density at radius 1 is 1.50 bits per heavy atom. The lowest BCUT2D eigenvalue weighted by molar-refractivity contribution is -0.133. The van der Waals surface area contributed by atoms with Crippen molar-refractivity contribution < 1.29 is 9.53 Å². The summed E-state index contributed by atoms with van der Waals surface area (Å²) >= 11 is 3.54. The van der Waals surface area contributed by atoms with Crippen LogP contribution in [0.3, 0.4) is 0 Å². The number of para-hydroxylation sites is 1. The lowest BCUT2D eigenvalue weighted by Crippen LogP contribution is -2.39. The number of halogens is 1. The second kappa shape index (κ2) is 5.41. The minimum atomic E-state index is -0.678. The van der Waals surface area contributed by atoms with Gasteiger partial charge in [-0.15, -0.1) is 0 Å². The van der Waals surface area contributed by atoms with Crippen molar-refractivity contribution in [3.8, 4) is 0 Å². The first-order valence-corrected chi connectivity index (χ1v) is 7.13. The molecule has 3 nitrogen and oxygen atoms in total. The van der Waals surface area contributed by atoms with Gasteiger partial charge in [-0.05, 0) is 38.3 Å². The second-order valence-corrected chi connectivity index (χ2v) is 6.21. The van der Waals surface area contributed by atoms with Crippen molar-refractivity contribution >= 4 is 27.5 Å². The van der Waals surface area contributed by atoms with Crippen molar-refractivity contribution in [1.82, 2.24) is 0 Å². The monoisotopic (exact) mass is 311 g/mol. The number of alkyl halides is 1. The minimum Gasteiger partial charge on any atom is -0.365 e. The molecule has 18 heavy (non-hydrogen) atoms. The molecule has 0 radical (unpaired) electrons. The van der Waals surface area contributed by atoms with Gasteiger partial charge in [0.1, 0.15) is 5.60 Å². The molecule has 1 saturated heterocycles. The van der Waals surface area contributed by atoms with Gasteiger partial charge in [-0.1, -0.05) is 34.1 Å².